The van der Waals surface area contributed by atoms with Gasteiger partial charge in [0.25, 0.3) is 0 Å². The van der Waals surface area contributed by atoms with Gasteiger partial charge in [-0.1, -0.05) is 30.3 Å². The number of hydrogen-bond acceptors (Lipinski definition) is 4. The summed E-state index contributed by atoms with van der Waals surface area (Å²) in [7, 11) is 0. The van der Waals surface area contributed by atoms with Gasteiger partial charge in [0.2, 0.25) is 11.8 Å². The molecular formula is C23H21N3O3. The van der Waals surface area contributed by atoms with Crippen LogP contribution in [0.25, 0.3) is 28.0 Å². The van der Waals surface area contributed by atoms with E-state index in [1.807, 2.05) is 36.4 Å². The second-order valence-electron chi connectivity index (χ2n) is 6.88. The number of fused-ring (bicyclic) bond motifs is 1. The van der Waals surface area contributed by atoms with Crippen molar-refractivity contribution >= 4 is 28.7 Å². The molecular weight excluding hydrogens is 366 g/mol. The van der Waals surface area contributed by atoms with Crippen molar-refractivity contribution in [2.24, 2.45) is 5.73 Å². The van der Waals surface area contributed by atoms with E-state index in [4.69, 9.17) is 10.5 Å². The molecule has 4 rings (SSSR count). The van der Waals surface area contributed by atoms with Crippen LogP contribution in [0.5, 0.6) is 0 Å². The first-order valence-corrected chi connectivity index (χ1v) is 9.44. The van der Waals surface area contributed by atoms with Gasteiger partial charge in [-0.15, -0.1) is 0 Å². The quantitative estimate of drug-likeness (QED) is 0.698. The largest absolute Gasteiger partial charge is 0.378 e. The highest BCUT2D eigenvalue weighted by Gasteiger charge is 2.14. The van der Waals surface area contributed by atoms with Gasteiger partial charge in [0.15, 0.2) is 0 Å². The van der Waals surface area contributed by atoms with Crippen LogP contribution in [0, 0.1) is 0 Å². The highest BCUT2D eigenvalue weighted by atomic mass is 16.5. The lowest BCUT2D eigenvalue weighted by atomic mass is 9.98. The summed E-state index contributed by atoms with van der Waals surface area (Å²) in [6.45, 7) is 2.43. The van der Waals surface area contributed by atoms with E-state index in [0.717, 1.165) is 27.5 Å². The molecule has 1 saturated heterocycles. The number of carbonyl (C=O) groups is 2. The molecule has 1 aliphatic heterocycles. The Hall–Kier alpha value is -3.51. The summed E-state index contributed by atoms with van der Waals surface area (Å²) < 4.78 is 5.27. The van der Waals surface area contributed by atoms with Gasteiger partial charge in [-0.3, -0.25) is 14.6 Å². The number of benzene rings is 2. The normalized spacial score (nSPS) is 14.4. The van der Waals surface area contributed by atoms with Gasteiger partial charge in [-0.2, -0.15) is 0 Å². The third kappa shape index (κ3) is 4.17. The fourth-order valence-electron chi connectivity index (χ4n) is 3.38. The van der Waals surface area contributed by atoms with Gasteiger partial charge in [0.05, 0.1) is 13.2 Å². The van der Waals surface area contributed by atoms with E-state index in [2.05, 4.69) is 4.98 Å². The Morgan fingerprint density at radius 2 is 1.79 bits per heavy atom. The number of amides is 2. The van der Waals surface area contributed by atoms with E-state index in [1.54, 1.807) is 35.5 Å². The molecule has 0 unspecified atom stereocenters. The summed E-state index contributed by atoms with van der Waals surface area (Å²) in [4.78, 5) is 29.9. The van der Waals surface area contributed by atoms with Crippen LogP contribution in [0.15, 0.2) is 60.9 Å². The average molecular weight is 387 g/mol. The van der Waals surface area contributed by atoms with Crippen molar-refractivity contribution in [3.8, 4) is 11.1 Å². The Kier molecular flexibility index (Phi) is 5.35. The third-order valence-electron chi connectivity index (χ3n) is 5.01. The number of nitrogens with zero attached hydrogens (tertiary/aromatic N) is 2. The van der Waals surface area contributed by atoms with Crippen molar-refractivity contribution in [1.29, 1.82) is 0 Å². The Morgan fingerprint density at radius 3 is 2.52 bits per heavy atom. The Morgan fingerprint density at radius 1 is 1.03 bits per heavy atom. The van der Waals surface area contributed by atoms with Gasteiger partial charge in [0.1, 0.15) is 0 Å². The van der Waals surface area contributed by atoms with Crippen LogP contribution in [0.4, 0.5) is 0 Å². The first-order chi connectivity index (χ1) is 14.1. The summed E-state index contributed by atoms with van der Waals surface area (Å²) in [5.74, 6) is -0.463. The molecule has 3 aromatic rings. The molecule has 2 amide bonds. The molecule has 0 atom stereocenters. The SMILES string of the molecule is NC(=O)c1ccc2cncc(-c3ccc(C=CC(=O)N4CCOCC4)cc3)c2c1. The summed E-state index contributed by atoms with van der Waals surface area (Å²) in [6, 6.07) is 13.2. The number of hydrogen-bond donors (Lipinski definition) is 1. The van der Waals surface area contributed by atoms with E-state index in [0.29, 0.717) is 31.9 Å². The second-order valence-corrected chi connectivity index (χ2v) is 6.88. The number of primary amides is 1. The summed E-state index contributed by atoms with van der Waals surface area (Å²) in [5.41, 5.74) is 8.72. The van der Waals surface area contributed by atoms with E-state index >= 15 is 0 Å². The van der Waals surface area contributed by atoms with Gasteiger partial charge in [-0.25, -0.2) is 0 Å². The molecule has 1 aromatic heterocycles. The van der Waals surface area contributed by atoms with Crippen LogP contribution in [0.1, 0.15) is 15.9 Å². The molecule has 1 fully saturated rings. The zero-order chi connectivity index (χ0) is 20.2. The van der Waals surface area contributed by atoms with Crippen LogP contribution >= 0.6 is 0 Å². The van der Waals surface area contributed by atoms with Gasteiger partial charge >= 0.3 is 0 Å². The number of pyridine rings is 1. The average Bonchev–Trinajstić information content (AvgIpc) is 2.77. The summed E-state index contributed by atoms with van der Waals surface area (Å²) in [6.07, 6.45) is 6.95. The Bertz CT molecular complexity index is 1080. The monoisotopic (exact) mass is 387 g/mol. The van der Waals surface area contributed by atoms with E-state index in [-0.39, 0.29) is 5.91 Å². The highest BCUT2D eigenvalue weighted by molar-refractivity contribution is 6.02. The summed E-state index contributed by atoms with van der Waals surface area (Å²) >= 11 is 0. The molecule has 0 bridgehead atoms. The Balaban J connectivity index is 1.58. The van der Waals surface area contributed by atoms with E-state index < -0.39 is 5.91 Å². The molecule has 146 valence electrons. The first kappa shape index (κ1) is 18.8. The first-order valence-electron chi connectivity index (χ1n) is 9.44. The molecule has 2 aromatic carbocycles. The van der Waals surface area contributed by atoms with Gasteiger partial charge in [-0.05, 0) is 34.7 Å². The maximum Gasteiger partial charge on any atom is 0.248 e. The number of nitrogens with two attached hydrogens (primary N) is 1. The van der Waals surface area contributed by atoms with Crippen molar-refractivity contribution in [2.75, 3.05) is 26.3 Å². The van der Waals surface area contributed by atoms with Crippen LogP contribution in [-0.2, 0) is 9.53 Å². The maximum absolute atomic E-state index is 12.2. The standard InChI is InChI=1S/C23H21N3O3/c24-23(28)18-6-7-19-14-25-15-21(20(19)13-18)17-4-1-16(2-5-17)3-8-22(27)26-9-11-29-12-10-26/h1-8,13-15H,9-12H2,(H2,24,28). The van der Waals surface area contributed by atoms with Crippen molar-refractivity contribution < 1.29 is 14.3 Å². The lowest BCUT2D eigenvalue weighted by molar-refractivity contribution is -0.129. The summed E-state index contributed by atoms with van der Waals surface area (Å²) in [5, 5.41) is 1.86. The molecule has 0 spiro atoms. The Labute approximate surface area is 168 Å². The second kappa shape index (κ2) is 8.24. The number of morpholine rings is 1. The number of aromatic nitrogens is 1. The van der Waals surface area contributed by atoms with Crippen LogP contribution in [0.3, 0.4) is 0 Å². The molecule has 0 aliphatic carbocycles. The smallest absolute Gasteiger partial charge is 0.248 e. The zero-order valence-electron chi connectivity index (χ0n) is 15.9. The van der Waals surface area contributed by atoms with Crippen LogP contribution < -0.4 is 5.73 Å². The molecule has 1 aliphatic rings. The lowest BCUT2D eigenvalue weighted by Crippen LogP contribution is -2.39. The molecule has 0 saturated carbocycles. The molecule has 29 heavy (non-hydrogen) atoms. The zero-order valence-corrected chi connectivity index (χ0v) is 15.9. The maximum atomic E-state index is 12.2. The third-order valence-corrected chi connectivity index (χ3v) is 5.01. The predicted molar refractivity (Wildman–Crippen MR) is 112 cm³/mol. The van der Waals surface area contributed by atoms with Crippen LogP contribution in [-0.4, -0.2) is 48.0 Å². The fraction of sp³-hybridized carbons (Fsp3) is 0.174. The topological polar surface area (TPSA) is 85.5 Å². The van der Waals surface area contributed by atoms with Crippen molar-refractivity contribution in [1.82, 2.24) is 9.88 Å². The molecule has 2 N–H and O–H groups in total. The molecule has 6 nitrogen and oxygen atoms in total. The van der Waals surface area contributed by atoms with E-state index in [1.165, 1.54) is 0 Å². The number of carbonyl (C=O) groups excluding carboxylic acids is 2. The van der Waals surface area contributed by atoms with Gasteiger partial charge < -0.3 is 15.4 Å². The number of ether oxygens (including phenoxy) is 1. The molecule has 0 radical (unpaired) electrons. The van der Waals surface area contributed by atoms with Crippen molar-refractivity contribution in [3.63, 3.8) is 0 Å². The van der Waals surface area contributed by atoms with Crippen molar-refractivity contribution in [2.45, 2.75) is 0 Å². The minimum Gasteiger partial charge on any atom is -0.378 e. The minimum absolute atomic E-state index is 0.00499. The van der Waals surface area contributed by atoms with Gasteiger partial charge in [0, 0.05) is 48.1 Å². The molecule has 6 heteroatoms. The fourth-order valence-corrected chi connectivity index (χ4v) is 3.38. The highest BCUT2D eigenvalue weighted by Crippen LogP contribution is 2.28. The lowest BCUT2D eigenvalue weighted by Gasteiger charge is -2.25. The van der Waals surface area contributed by atoms with Crippen LogP contribution in [0.2, 0.25) is 0 Å². The predicted octanol–water partition coefficient (Wildman–Crippen LogP) is 2.87. The van der Waals surface area contributed by atoms with E-state index in [9.17, 15) is 9.59 Å². The molecule has 2 heterocycles. The van der Waals surface area contributed by atoms with Crippen molar-refractivity contribution in [3.05, 3.63) is 72.1 Å². The number of rotatable bonds is 4. The minimum atomic E-state index is -0.458.